The molecule has 0 aromatic heterocycles. The first-order valence-corrected chi connectivity index (χ1v) is 4.66. The van der Waals surface area contributed by atoms with Crippen LogP contribution in [0.3, 0.4) is 0 Å². The van der Waals surface area contributed by atoms with Crippen molar-refractivity contribution >= 4 is 0 Å². The maximum absolute atomic E-state index is 2.35. The molecule has 0 heterocycles. The van der Waals surface area contributed by atoms with Gasteiger partial charge in [-0.25, -0.2) is 0 Å². The van der Waals surface area contributed by atoms with Crippen molar-refractivity contribution < 1.29 is 0 Å². The Hall–Kier alpha value is -1.04. The molecule has 0 nitrogen and oxygen atoms in total. The van der Waals surface area contributed by atoms with E-state index in [1.165, 1.54) is 24.8 Å². The van der Waals surface area contributed by atoms with Crippen LogP contribution in [-0.2, 0) is 6.42 Å². The van der Waals surface area contributed by atoms with Gasteiger partial charge in [0.25, 0.3) is 0 Å². The van der Waals surface area contributed by atoms with Crippen LogP contribution in [0.2, 0.25) is 0 Å². The van der Waals surface area contributed by atoms with E-state index in [-0.39, 0.29) is 0 Å². The van der Waals surface area contributed by atoms with E-state index in [0.717, 1.165) is 5.92 Å². The summed E-state index contributed by atoms with van der Waals surface area (Å²) in [6.07, 6.45) is 8.49. The number of allylic oxidation sites excluding steroid dienone is 2. The van der Waals surface area contributed by atoms with Gasteiger partial charge in [0.2, 0.25) is 0 Å². The van der Waals surface area contributed by atoms with Crippen LogP contribution in [0.1, 0.15) is 18.4 Å². The van der Waals surface area contributed by atoms with Gasteiger partial charge in [-0.3, -0.25) is 0 Å². The Morgan fingerprint density at radius 2 is 2.00 bits per heavy atom. The van der Waals surface area contributed by atoms with Crippen molar-refractivity contribution in [3.05, 3.63) is 48.0 Å². The van der Waals surface area contributed by atoms with Gasteiger partial charge in [0.05, 0.1) is 0 Å². The van der Waals surface area contributed by atoms with E-state index in [9.17, 15) is 0 Å². The molecule has 0 fully saturated rings. The molecule has 62 valence electrons. The molecule has 0 unspecified atom stereocenters. The molecule has 1 atom stereocenters. The van der Waals surface area contributed by atoms with E-state index >= 15 is 0 Å². The van der Waals surface area contributed by atoms with Crippen LogP contribution in [0, 0.1) is 5.92 Å². The summed E-state index contributed by atoms with van der Waals surface area (Å²) in [5, 5.41) is 0. The van der Waals surface area contributed by atoms with Crippen molar-refractivity contribution in [3.63, 3.8) is 0 Å². The predicted octanol–water partition coefficient (Wildman–Crippen LogP) is 3.20. The van der Waals surface area contributed by atoms with Gasteiger partial charge in [0.15, 0.2) is 0 Å². The summed E-state index contributed by atoms with van der Waals surface area (Å²) >= 11 is 0. The second kappa shape index (κ2) is 3.57. The van der Waals surface area contributed by atoms with E-state index in [4.69, 9.17) is 0 Å². The minimum Gasteiger partial charge on any atom is -0.0882 e. The standard InChI is InChI=1S/C12H14/c1-2-6-11(7-3-1)10-12-8-4-5-9-12/h1-4,6-8,12H,5,9-10H2/t12-/m0/s1. The summed E-state index contributed by atoms with van der Waals surface area (Å²) in [6.45, 7) is 0. The molecular formula is C12H14. The fraction of sp³-hybridized carbons (Fsp3) is 0.333. The van der Waals surface area contributed by atoms with Crippen LogP contribution < -0.4 is 0 Å². The van der Waals surface area contributed by atoms with Crippen molar-refractivity contribution in [1.82, 2.24) is 0 Å². The van der Waals surface area contributed by atoms with E-state index in [2.05, 4.69) is 42.5 Å². The molecule has 0 bridgehead atoms. The van der Waals surface area contributed by atoms with Gasteiger partial charge in [-0.05, 0) is 30.7 Å². The topological polar surface area (TPSA) is 0 Å². The Balaban J connectivity index is 1.99. The zero-order chi connectivity index (χ0) is 8.23. The highest BCUT2D eigenvalue weighted by Gasteiger charge is 2.08. The van der Waals surface area contributed by atoms with Crippen molar-refractivity contribution in [2.75, 3.05) is 0 Å². The zero-order valence-corrected chi connectivity index (χ0v) is 7.24. The first-order chi connectivity index (χ1) is 5.95. The smallest absolute Gasteiger partial charge is 0.0190 e. The Labute approximate surface area is 73.9 Å². The summed E-state index contributed by atoms with van der Waals surface area (Å²) in [4.78, 5) is 0. The normalized spacial score (nSPS) is 21.5. The average molecular weight is 158 g/mol. The third-order valence-corrected chi connectivity index (χ3v) is 2.45. The van der Waals surface area contributed by atoms with E-state index in [1.807, 2.05) is 0 Å². The molecule has 0 radical (unpaired) electrons. The molecule has 0 heteroatoms. The second-order valence-electron chi connectivity index (χ2n) is 3.46. The minimum absolute atomic E-state index is 0.799. The summed E-state index contributed by atoms with van der Waals surface area (Å²) in [7, 11) is 0. The number of benzene rings is 1. The first-order valence-electron chi connectivity index (χ1n) is 4.66. The highest BCUT2D eigenvalue weighted by Crippen LogP contribution is 2.21. The molecular weight excluding hydrogens is 144 g/mol. The molecule has 1 aromatic carbocycles. The third kappa shape index (κ3) is 1.76. The van der Waals surface area contributed by atoms with Gasteiger partial charge in [0, 0.05) is 0 Å². The van der Waals surface area contributed by atoms with Crippen molar-refractivity contribution in [3.8, 4) is 0 Å². The fourth-order valence-electron chi connectivity index (χ4n) is 1.78. The van der Waals surface area contributed by atoms with Crippen molar-refractivity contribution in [2.45, 2.75) is 19.3 Å². The molecule has 1 aromatic rings. The maximum atomic E-state index is 2.35. The third-order valence-electron chi connectivity index (χ3n) is 2.45. The highest BCUT2D eigenvalue weighted by molar-refractivity contribution is 5.17. The van der Waals surface area contributed by atoms with Gasteiger partial charge in [0.1, 0.15) is 0 Å². The van der Waals surface area contributed by atoms with Crippen LogP contribution in [0.15, 0.2) is 42.5 Å². The Kier molecular flexibility index (Phi) is 2.26. The van der Waals surface area contributed by atoms with Crippen molar-refractivity contribution in [1.29, 1.82) is 0 Å². The summed E-state index contributed by atoms with van der Waals surface area (Å²) < 4.78 is 0. The average Bonchev–Trinajstić information content (AvgIpc) is 2.59. The van der Waals surface area contributed by atoms with Crippen molar-refractivity contribution in [2.24, 2.45) is 5.92 Å². The molecule has 0 saturated carbocycles. The molecule has 0 spiro atoms. The molecule has 1 aliphatic rings. The minimum atomic E-state index is 0.799. The van der Waals surface area contributed by atoms with E-state index < -0.39 is 0 Å². The Morgan fingerprint density at radius 3 is 2.67 bits per heavy atom. The lowest BCUT2D eigenvalue weighted by atomic mass is 9.99. The largest absolute Gasteiger partial charge is 0.0882 e. The zero-order valence-electron chi connectivity index (χ0n) is 7.24. The van der Waals surface area contributed by atoms with Crippen LogP contribution in [0.25, 0.3) is 0 Å². The quantitative estimate of drug-likeness (QED) is 0.580. The molecule has 2 rings (SSSR count). The second-order valence-corrected chi connectivity index (χ2v) is 3.46. The number of hydrogen-bond acceptors (Lipinski definition) is 0. The van der Waals surface area contributed by atoms with Crippen LogP contribution >= 0.6 is 0 Å². The monoisotopic (exact) mass is 158 g/mol. The van der Waals surface area contributed by atoms with Crippen LogP contribution in [0.4, 0.5) is 0 Å². The highest BCUT2D eigenvalue weighted by atomic mass is 14.1. The Morgan fingerprint density at radius 1 is 1.17 bits per heavy atom. The number of rotatable bonds is 2. The lowest BCUT2D eigenvalue weighted by molar-refractivity contribution is 0.630. The number of hydrogen-bond donors (Lipinski definition) is 0. The molecule has 0 saturated heterocycles. The summed E-state index contributed by atoms with van der Waals surface area (Å²) in [5.74, 6) is 0.799. The maximum Gasteiger partial charge on any atom is -0.0190 e. The SMILES string of the molecule is C1=C[C@H](Cc2ccccc2)CC1. The summed E-state index contributed by atoms with van der Waals surface area (Å²) in [5.41, 5.74) is 1.47. The molecule has 0 amide bonds. The van der Waals surface area contributed by atoms with E-state index in [0.29, 0.717) is 0 Å². The predicted molar refractivity (Wildman–Crippen MR) is 52.0 cm³/mol. The van der Waals surface area contributed by atoms with E-state index in [1.54, 1.807) is 0 Å². The molecule has 0 N–H and O–H groups in total. The van der Waals surface area contributed by atoms with Gasteiger partial charge in [-0.15, -0.1) is 0 Å². The van der Waals surface area contributed by atoms with Gasteiger partial charge in [-0.2, -0.15) is 0 Å². The fourth-order valence-corrected chi connectivity index (χ4v) is 1.78. The van der Waals surface area contributed by atoms with Gasteiger partial charge >= 0.3 is 0 Å². The molecule has 12 heavy (non-hydrogen) atoms. The Bertz CT molecular complexity index is 259. The van der Waals surface area contributed by atoms with Gasteiger partial charge in [-0.1, -0.05) is 42.5 Å². The molecule has 0 aliphatic heterocycles. The first kappa shape index (κ1) is 7.60. The molecule has 1 aliphatic carbocycles. The summed E-state index contributed by atoms with van der Waals surface area (Å²) in [6, 6.07) is 10.7. The van der Waals surface area contributed by atoms with Gasteiger partial charge < -0.3 is 0 Å². The lowest BCUT2D eigenvalue weighted by Crippen LogP contribution is -1.96. The van der Waals surface area contributed by atoms with Crippen LogP contribution in [0.5, 0.6) is 0 Å². The lowest BCUT2D eigenvalue weighted by Gasteiger charge is -2.06. The van der Waals surface area contributed by atoms with Crippen LogP contribution in [-0.4, -0.2) is 0 Å².